The predicted molar refractivity (Wildman–Crippen MR) is 37.8 cm³/mol. The van der Waals surface area contributed by atoms with Gasteiger partial charge in [0.25, 0.3) is 0 Å². The van der Waals surface area contributed by atoms with Gasteiger partial charge in [-0.3, -0.25) is 0 Å². The van der Waals surface area contributed by atoms with Gasteiger partial charge in [-0.05, 0) is 12.1 Å². The predicted octanol–water partition coefficient (Wildman–Crippen LogP) is 1.09. The maximum Gasteiger partial charge on any atom is 0.165 e. The number of rotatable bonds is 2. The van der Waals surface area contributed by atoms with E-state index in [9.17, 15) is 4.39 Å². The van der Waals surface area contributed by atoms with Crippen molar-refractivity contribution in [2.75, 3.05) is 7.11 Å². The van der Waals surface area contributed by atoms with Gasteiger partial charge in [0.15, 0.2) is 17.3 Å². The highest BCUT2D eigenvalue weighted by atomic mass is 19.1. The smallest absolute Gasteiger partial charge is 0.165 e. The monoisotopic (exact) mass is 157 g/mol. The van der Waals surface area contributed by atoms with Crippen LogP contribution in [-0.4, -0.2) is 7.11 Å². The first-order valence-corrected chi connectivity index (χ1v) is 2.98. The molecule has 0 saturated carbocycles. The minimum atomic E-state index is -0.437. The van der Waals surface area contributed by atoms with Gasteiger partial charge in [-0.15, -0.1) is 0 Å². The van der Waals surface area contributed by atoms with Crippen LogP contribution in [0.5, 0.6) is 11.5 Å². The van der Waals surface area contributed by atoms with Crippen molar-refractivity contribution in [3.63, 3.8) is 0 Å². The van der Waals surface area contributed by atoms with E-state index in [4.69, 9.17) is 5.90 Å². The van der Waals surface area contributed by atoms with Crippen molar-refractivity contribution in [2.24, 2.45) is 5.90 Å². The minimum absolute atomic E-state index is 0.118. The zero-order valence-corrected chi connectivity index (χ0v) is 6.00. The molecule has 1 aromatic rings. The molecule has 0 atom stereocenters. The molecule has 0 heterocycles. The third kappa shape index (κ3) is 1.59. The van der Waals surface area contributed by atoms with E-state index in [-0.39, 0.29) is 5.75 Å². The van der Waals surface area contributed by atoms with Crippen LogP contribution in [0.15, 0.2) is 18.2 Å². The molecular formula is C7H8FNO2. The second-order valence-corrected chi connectivity index (χ2v) is 1.91. The average Bonchev–Trinajstić information content (AvgIpc) is 2.05. The SMILES string of the molecule is COc1cc(ON)ccc1F. The molecule has 0 saturated heterocycles. The normalized spacial score (nSPS) is 9.36. The van der Waals surface area contributed by atoms with Crippen LogP contribution in [0, 0.1) is 5.82 Å². The highest BCUT2D eigenvalue weighted by molar-refractivity contribution is 5.34. The zero-order chi connectivity index (χ0) is 8.27. The lowest BCUT2D eigenvalue weighted by Crippen LogP contribution is -2.02. The van der Waals surface area contributed by atoms with Gasteiger partial charge in [0, 0.05) is 6.07 Å². The van der Waals surface area contributed by atoms with Crippen LogP contribution >= 0.6 is 0 Å². The molecule has 11 heavy (non-hydrogen) atoms. The number of ether oxygens (including phenoxy) is 1. The van der Waals surface area contributed by atoms with E-state index in [1.165, 1.54) is 25.3 Å². The Balaban J connectivity index is 3.02. The maximum atomic E-state index is 12.7. The van der Waals surface area contributed by atoms with Gasteiger partial charge in [0.1, 0.15) is 0 Å². The summed E-state index contributed by atoms with van der Waals surface area (Å²) in [6.45, 7) is 0. The Bertz CT molecular complexity index is 252. The van der Waals surface area contributed by atoms with Crippen LogP contribution in [0.1, 0.15) is 0 Å². The molecule has 0 spiro atoms. The van der Waals surface area contributed by atoms with Gasteiger partial charge in [0.2, 0.25) is 0 Å². The molecule has 0 aliphatic rings. The van der Waals surface area contributed by atoms with Gasteiger partial charge >= 0.3 is 0 Å². The summed E-state index contributed by atoms with van der Waals surface area (Å²) in [4.78, 5) is 4.36. The highest BCUT2D eigenvalue weighted by Gasteiger charge is 2.02. The Labute approximate surface area is 63.5 Å². The van der Waals surface area contributed by atoms with Gasteiger partial charge in [-0.2, -0.15) is 5.90 Å². The Kier molecular flexibility index (Phi) is 2.28. The highest BCUT2D eigenvalue weighted by Crippen LogP contribution is 2.21. The van der Waals surface area contributed by atoms with Crippen molar-refractivity contribution in [1.82, 2.24) is 0 Å². The summed E-state index contributed by atoms with van der Waals surface area (Å²) in [6, 6.07) is 4.01. The Morgan fingerprint density at radius 3 is 2.73 bits per heavy atom. The largest absolute Gasteiger partial charge is 0.494 e. The summed E-state index contributed by atoms with van der Waals surface area (Å²) in [5.41, 5.74) is 0. The molecular weight excluding hydrogens is 149 g/mol. The second kappa shape index (κ2) is 3.21. The topological polar surface area (TPSA) is 44.5 Å². The van der Waals surface area contributed by atoms with Crippen molar-refractivity contribution in [3.8, 4) is 11.5 Å². The fourth-order valence-corrected chi connectivity index (χ4v) is 0.713. The third-order valence-corrected chi connectivity index (χ3v) is 1.26. The van der Waals surface area contributed by atoms with E-state index in [1.54, 1.807) is 0 Å². The number of halogens is 1. The molecule has 0 aliphatic carbocycles. The molecule has 0 fully saturated rings. The van der Waals surface area contributed by atoms with Gasteiger partial charge in [-0.1, -0.05) is 0 Å². The quantitative estimate of drug-likeness (QED) is 0.653. The first-order valence-electron chi connectivity index (χ1n) is 2.98. The molecule has 0 radical (unpaired) electrons. The number of nitrogens with two attached hydrogens (primary N) is 1. The molecule has 0 amide bonds. The molecule has 2 N–H and O–H groups in total. The Morgan fingerprint density at radius 2 is 2.18 bits per heavy atom. The van der Waals surface area contributed by atoms with E-state index in [0.29, 0.717) is 5.75 Å². The Morgan fingerprint density at radius 1 is 1.45 bits per heavy atom. The van der Waals surface area contributed by atoms with Crippen molar-refractivity contribution in [1.29, 1.82) is 0 Å². The lowest BCUT2D eigenvalue weighted by atomic mass is 10.3. The molecule has 60 valence electrons. The van der Waals surface area contributed by atoms with Crippen LogP contribution < -0.4 is 15.5 Å². The first-order chi connectivity index (χ1) is 5.27. The van der Waals surface area contributed by atoms with E-state index >= 15 is 0 Å². The average molecular weight is 157 g/mol. The first kappa shape index (κ1) is 7.81. The number of methoxy groups -OCH3 is 1. The number of hydrogen-bond acceptors (Lipinski definition) is 3. The van der Waals surface area contributed by atoms with Crippen molar-refractivity contribution in [3.05, 3.63) is 24.0 Å². The zero-order valence-electron chi connectivity index (χ0n) is 6.00. The summed E-state index contributed by atoms with van der Waals surface area (Å²) < 4.78 is 17.4. The second-order valence-electron chi connectivity index (χ2n) is 1.91. The molecule has 0 aromatic heterocycles. The summed E-state index contributed by atoms with van der Waals surface area (Å²) in [7, 11) is 1.37. The van der Waals surface area contributed by atoms with E-state index in [2.05, 4.69) is 9.57 Å². The van der Waals surface area contributed by atoms with E-state index in [0.717, 1.165) is 0 Å². The van der Waals surface area contributed by atoms with Crippen LogP contribution in [0.2, 0.25) is 0 Å². The maximum absolute atomic E-state index is 12.7. The van der Waals surface area contributed by atoms with E-state index in [1.807, 2.05) is 0 Å². The summed E-state index contributed by atoms with van der Waals surface area (Å²) >= 11 is 0. The molecule has 0 unspecified atom stereocenters. The van der Waals surface area contributed by atoms with Crippen molar-refractivity contribution >= 4 is 0 Å². The van der Waals surface area contributed by atoms with Crippen molar-refractivity contribution < 1.29 is 14.0 Å². The summed E-state index contributed by atoms with van der Waals surface area (Å²) in [6.07, 6.45) is 0. The standard InChI is InChI=1S/C7H8FNO2/c1-10-7-4-5(11-9)2-3-6(7)8/h2-4H,9H2,1H3. The van der Waals surface area contributed by atoms with Gasteiger partial charge in [0.05, 0.1) is 7.11 Å². The molecule has 1 aromatic carbocycles. The van der Waals surface area contributed by atoms with Crippen LogP contribution in [-0.2, 0) is 0 Å². The minimum Gasteiger partial charge on any atom is -0.494 e. The Hall–Kier alpha value is -1.29. The summed E-state index contributed by atoms with van der Waals surface area (Å²) in [5, 5.41) is 0. The summed E-state index contributed by atoms with van der Waals surface area (Å²) in [5.74, 6) is 4.89. The number of benzene rings is 1. The molecule has 4 heteroatoms. The van der Waals surface area contributed by atoms with Gasteiger partial charge in [-0.25, -0.2) is 4.39 Å². The molecule has 0 aliphatic heterocycles. The van der Waals surface area contributed by atoms with Crippen LogP contribution in [0.3, 0.4) is 0 Å². The number of hydrogen-bond donors (Lipinski definition) is 1. The fourth-order valence-electron chi connectivity index (χ4n) is 0.713. The lowest BCUT2D eigenvalue weighted by molar-refractivity contribution is 0.327. The van der Waals surface area contributed by atoms with Crippen molar-refractivity contribution in [2.45, 2.75) is 0 Å². The molecule has 3 nitrogen and oxygen atoms in total. The van der Waals surface area contributed by atoms with Crippen LogP contribution in [0.4, 0.5) is 4.39 Å². The van der Waals surface area contributed by atoms with Crippen LogP contribution in [0.25, 0.3) is 0 Å². The third-order valence-electron chi connectivity index (χ3n) is 1.26. The lowest BCUT2D eigenvalue weighted by Gasteiger charge is -2.02. The van der Waals surface area contributed by atoms with E-state index < -0.39 is 5.82 Å². The molecule has 1 rings (SSSR count). The fraction of sp³-hybridized carbons (Fsp3) is 0.143. The molecule has 0 bridgehead atoms. The van der Waals surface area contributed by atoms with Gasteiger partial charge < -0.3 is 9.57 Å².